The highest BCUT2D eigenvalue weighted by Crippen LogP contribution is 2.37. The van der Waals surface area contributed by atoms with Crippen LogP contribution in [0.5, 0.6) is 5.75 Å². The number of hydrogen-bond acceptors (Lipinski definition) is 2. The minimum absolute atomic E-state index is 0.335. The molecule has 0 bridgehead atoms. The highest BCUT2D eigenvalue weighted by Gasteiger charge is 2.19. The zero-order valence-electron chi connectivity index (χ0n) is 10.2. The minimum atomic E-state index is -0.404. The molecular formula is C14H14Cl2O2. The van der Waals surface area contributed by atoms with E-state index < -0.39 is 5.38 Å². The van der Waals surface area contributed by atoms with Crippen LogP contribution in [0.3, 0.4) is 0 Å². The maximum Gasteiger partial charge on any atom is 0.193 e. The molecule has 0 spiro atoms. The van der Waals surface area contributed by atoms with Gasteiger partial charge in [0.15, 0.2) is 5.22 Å². The van der Waals surface area contributed by atoms with Gasteiger partial charge in [0, 0.05) is 5.56 Å². The largest absolute Gasteiger partial charge is 0.494 e. The molecule has 4 heteroatoms. The van der Waals surface area contributed by atoms with Crippen molar-refractivity contribution in [3.63, 3.8) is 0 Å². The smallest absolute Gasteiger partial charge is 0.193 e. The summed E-state index contributed by atoms with van der Waals surface area (Å²) in [6.07, 6.45) is 0. The van der Waals surface area contributed by atoms with Gasteiger partial charge in [0.25, 0.3) is 0 Å². The fraction of sp³-hybridized carbons (Fsp3) is 0.286. The van der Waals surface area contributed by atoms with E-state index in [2.05, 4.69) is 0 Å². The Kier molecular flexibility index (Phi) is 4.20. The molecule has 0 saturated heterocycles. The Balaban J connectivity index is 2.39. The fourth-order valence-electron chi connectivity index (χ4n) is 1.77. The van der Waals surface area contributed by atoms with Crippen molar-refractivity contribution in [3.8, 4) is 5.75 Å². The van der Waals surface area contributed by atoms with Crippen LogP contribution >= 0.6 is 23.2 Å². The first-order valence-corrected chi connectivity index (χ1v) is 6.56. The van der Waals surface area contributed by atoms with Crippen molar-refractivity contribution in [3.05, 3.63) is 52.4 Å². The van der Waals surface area contributed by atoms with Crippen molar-refractivity contribution >= 4 is 23.2 Å². The van der Waals surface area contributed by atoms with E-state index in [1.807, 2.05) is 32.0 Å². The zero-order valence-corrected chi connectivity index (χ0v) is 11.8. The van der Waals surface area contributed by atoms with Gasteiger partial charge in [-0.15, -0.1) is 11.6 Å². The molecule has 0 amide bonds. The highest BCUT2D eigenvalue weighted by molar-refractivity contribution is 6.29. The van der Waals surface area contributed by atoms with E-state index in [-0.39, 0.29) is 0 Å². The summed E-state index contributed by atoms with van der Waals surface area (Å²) in [7, 11) is 0. The Labute approximate surface area is 116 Å². The van der Waals surface area contributed by atoms with Gasteiger partial charge in [0.1, 0.15) is 16.9 Å². The molecule has 1 atom stereocenters. The average molecular weight is 285 g/mol. The Hall–Kier alpha value is -1.12. The van der Waals surface area contributed by atoms with Crippen LogP contribution in [0.1, 0.15) is 29.2 Å². The third-order valence-electron chi connectivity index (χ3n) is 2.58. The summed E-state index contributed by atoms with van der Waals surface area (Å²) in [6, 6.07) is 9.38. The van der Waals surface area contributed by atoms with E-state index in [0.717, 1.165) is 16.9 Å². The van der Waals surface area contributed by atoms with Crippen molar-refractivity contribution in [1.82, 2.24) is 0 Å². The summed E-state index contributed by atoms with van der Waals surface area (Å²) >= 11 is 12.2. The lowest BCUT2D eigenvalue weighted by Gasteiger charge is -2.14. The molecule has 0 aliphatic heterocycles. The molecule has 0 N–H and O–H groups in total. The SMILES string of the molecule is CCOc1ccc(C)cc1C(Cl)c1ccc(Cl)o1. The Morgan fingerprint density at radius 2 is 2.06 bits per heavy atom. The lowest BCUT2D eigenvalue weighted by molar-refractivity contribution is 0.336. The third-order valence-corrected chi connectivity index (χ3v) is 3.24. The van der Waals surface area contributed by atoms with Crippen LogP contribution in [-0.4, -0.2) is 6.61 Å². The Bertz CT molecular complexity index is 534. The molecule has 0 fully saturated rings. The van der Waals surface area contributed by atoms with Gasteiger partial charge < -0.3 is 9.15 Å². The topological polar surface area (TPSA) is 22.4 Å². The number of hydrogen-bond donors (Lipinski definition) is 0. The van der Waals surface area contributed by atoms with Crippen LogP contribution in [0, 0.1) is 6.92 Å². The third kappa shape index (κ3) is 2.82. The standard InChI is InChI=1S/C14H14Cl2O2/c1-3-17-11-5-4-9(2)8-10(11)14(16)12-6-7-13(15)18-12/h4-8,14H,3H2,1-2H3. The second-order valence-corrected chi connectivity index (χ2v) is 4.79. The van der Waals surface area contributed by atoms with Gasteiger partial charge in [-0.2, -0.15) is 0 Å². The number of halogens is 2. The summed E-state index contributed by atoms with van der Waals surface area (Å²) in [6.45, 7) is 4.55. The molecule has 0 aliphatic carbocycles. The number of alkyl halides is 1. The van der Waals surface area contributed by atoms with Crippen molar-refractivity contribution in [1.29, 1.82) is 0 Å². The number of ether oxygens (including phenoxy) is 1. The number of benzene rings is 1. The monoisotopic (exact) mass is 284 g/mol. The van der Waals surface area contributed by atoms with Crippen LogP contribution in [-0.2, 0) is 0 Å². The van der Waals surface area contributed by atoms with Gasteiger partial charge in [0.05, 0.1) is 6.61 Å². The second-order valence-electron chi connectivity index (χ2n) is 3.98. The lowest BCUT2D eigenvalue weighted by Crippen LogP contribution is -2.00. The van der Waals surface area contributed by atoms with Crippen molar-refractivity contribution in [2.45, 2.75) is 19.2 Å². The first kappa shape index (κ1) is 13.3. The molecule has 2 nitrogen and oxygen atoms in total. The van der Waals surface area contributed by atoms with E-state index in [1.54, 1.807) is 12.1 Å². The summed E-state index contributed by atoms with van der Waals surface area (Å²) < 4.78 is 10.9. The number of furan rings is 1. The van der Waals surface area contributed by atoms with Gasteiger partial charge in [0.2, 0.25) is 0 Å². The molecule has 2 aromatic rings. The maximum atomic E-state index is 6.43. The summed E-state index contributed by atoms with van der Waals surface area (Å²) in [4.78, 5) is 0. The molecule has 0 radical (unpaired) electrons. The first-order valence-electron chi connectivity index (χ1n) is 5.74. The normalized spacial score (nSPS) is 12.4. The van der Waals surface area contributed by atoms with Crippen LogP contribution < -0.4 is 4.74 Å². The molecule has 1 unspecified atom stereocenters. The van der Waals surface area contributed by atoms with Crippen LogP contribution in [0.25, 0.3) is 0 Å². The van der Waals surface area contributed by atoms with E-state index in [9.17, 15) is 0 Å². The van der Waals surface area contributed by atoms with E-state index in [0.29, 0.717) is 17.6 Å². The first-order chi connectivity index (χ1) is 8.61. The molecular weight excluding hydrogens is 271 g/mol. The molecule has 96 valence electrons. The van der Waals surface area contributed by atoms with E-state index in [1.165, 1.54) is 0 Å². The summed E-state index contributed by atoms with van der Waals surface area (Å²) in [5.74, 6) is 1.39. The lowest BCUT2D eigenvalue weighted by atomic mass is 10.1. The molecule has 1 heterocycles. The van der Waals surface area contributed by atoms with Crippen LogP contribution in [0.4, 0.5) is 0 Å². The predicted octanol–water partition coefficient (Wildman–Crippen LogP) is 4.97. The zero-order chi connectivity index (χ0) is 13.1. The van der Waals surface area contributed by atoms with Crippen LogP contribution in [0.2, 0.25) is 5.22 Å². The van der Waals surface area contributed by atoms with Gasteiger partial charge in [-0.05, 0) is 43.6 Å². The number of aryl methyl sites for hydroxylation is 1. The predicted molar refractivity (Wildman–Crippen MR) is 73.8 cm³/mol. The van der Waals surface area contributed by atoms with Gasteiger partial charge in [-0.3, -0.25) is 0 Å². The van der Waals surface area contributed by atoms with Crippen molar-refractivity contribution < 1.29 is 9.15 Å². The maximum absolute atomic E-state index is 6.43. The average Bonchev–Trinajstić information content (AvgIpc) is 2.77. The molecule has 1 aromatic carbocycles. The highest BCUT2D eigenvalue weighted by atomic mass is 35.5. The summed E-state index contributed by atoms with van der Waals surface area (Å²) in [5, 5.41) is -0.0692. The summed E-state index contributed by atoms with van der Waals surface area (Å²) in [5.41, 5.74) is 2.02. The Morgan fingerprint density at radius 1 is 1.28 bits per heavy atom. The van der Waals surface area contributed by atoms with Gasteiger partial charge in [-0.25, -0.2) is 0 Å². The number of rotatable bonds is 4. The van der Waals surface area contributed by atoms with Gasteiger partial charge in [-0.1, -0.05) is 17.7 Å². The molecule has 18 heavy (non-hydrogen) atoms. The quantitative estimate of drug-likeness (QED) is 0.740. The Morgan fingerprint density at radius 3 is 2.67 bits per heavy atom. The molecule has 1 aromatic heterocycles. The molecule has 0 aliphatic rings. The van der Waals surface area contributed by atoms with E-state index in [4.69, 9.17) is 32.4 Å². The van der Waals surface area contributed by atoms with Crippen molar-refractivity contribution in [2.24, 2.45) is 0 Å². The molecule has 0 saturated carbocycles. The molecule has 2 rings (SSSR count). The van der Waals surface area contributed by atoms with Crippen LogP contribution in [0.15, 0.2) is 34.7 Å². The van der Waals surface area contributed by atoms with E-state index >= 15 is 0 Å². The van der Waals surface area contributed by atoms with Crippen molar-refractivity contribution in [2.75, 3.05) is 6.61 Å². The second kappa shape index (κ2) is 5.68. The minimum Gasteiger partial charge on any atom is -0.494 e. The fourth-order valence-corrected chi connectivity index (χ4v) is 2.21. The van der Waals surface area contributed by atoms with Gasteiger partial charge >= 0.3 is 0 Å².